The fraction of sp³-hybridized carbons (Fsp3) is 0.333. The Balaban J connectivity index is 1.45. The van der Waals surface area contributed by atoms with E-state index in [1.54, 1.807) is 18.7 Å². The number of aromatic nitrogens is 5. The van der Waals surface area contributed by atoms with Crippen LogP contribution in [0.4, 0.5) is 5.82 Å². The summed E-state index contributed by atoms with van der Waals surface area (Å²) >= 11 is 0. The smallest absolute Gasteiger partial charge is 0.203 e. The third-order valence-corrected chi connectivity index (χ3v) is 3.76. The number of hydrogen-bond donors (Lipinski definition) is 2. The molecule has 3 aromatic heterocycles. The van der Waals surface area contributed by atoms with Crippen LogP contribution >= 0.6 is 0 Å². The van der Waals surface area contributed by atoms with Gasteiger partial charge in [-0.3, -0.25) is 9.38 Å². The van der Waals surface area contributed by atoms with Crippen molar-refractivity contribution in [2.75, 3.05) is 18.4 Å². The lowest BCUT2D eigenvalue weighted by atomic mass is 10.3. The summed E-state index contributed by atoms with van der Waals surface area (Å²) in [4.78, 5) is 8.67. The van der Waals surface area contributed by atoms with Gasteiger partial charge in [-0.25, -0.2) is 4.98 Å². The molecule has 0 spiro atoms. The summed E-state index contributed by atoms with van der Waals surface area (Å²) in [7, 11) is 0. The number of anilines is 1. The van der Waals surface area contributed by atoms with Gasteiger partial charge in [0.25, 0.3) is 0 Å². The molecular weight excluding hydrogens is 294 g/mol. The second-order valence-corrected chi connectivity index (χ2v) is 5.41. The molecule has 0 aliphatic carbocycles. The highest BCUT2D eigenvalue weighted by Gasteiger charge is 2.16. The monoisotopic (exact) mass is 311 g/mol. The van der Waals surface area contributed by atoms with Gasteiger partial charge in [-0.2, -0.15) is 0 Å². The highest BCUT2D eigenvalue weighted by atomic mass is 16.5. The minimum absolute atomic E-state index is 0.240. The second kappa shape index (κ2) is 6.17. The first-order valence-corrected chi connectivity index (χ1v) is 7.59. The molecular formula is C15H17N7O. The van der Waals surface area contributed by atoms with Crippen LogP contribution in [0.2, 0.25) is 0 Å². The van der Waals surface area contributed by atoms with Crippen molar-refractivity contribution in [1.29, 1.82) is 0 Å². The van der Waals surface area contributed by atoms with Crippen molar-refractivity contribution in [2.45, 2.75) is 19.1 Å². The number of fused-ring (bicyclic) bond motifs is 1. The van der Waals surface area contributed by atoms with Crippen molar-refractivity contribution in [3.05, 3.63) is 42.7 Å². The maximum atomic E-state index is 5.95. The summed E-state index contributed by atoms with van der Waals surface area (Å²) in [5, 5.41) is 14.5. The third kappa shape index (κ3) is 3.07. The van der Waals surface area contributed by atoms with Crippen molar-refractivity contribution < 1.29 is 4.74 Å². The topological polar surface area (TPSA) is 89.3 Å². The van der Waals surface area contributed by atoms with Gasteiger partial charge in [-0.15, -0.1) is 10.2 Å². The van der Waals surface area contributed by atoms with Gasteiger partial charge in [0.05, 0.1) is 12.2 Å². The van der Waals surface area contributed by atoms with Crippen LogP contribution < -0.4 is 15.4 Å². The molecule has 8 nitrogen and oxygen atoms in total. The van der Waals surface area contributed by atoms with Crippen LogP contribution in [-0.2, 0) is 6.54 Å². The lowest BCUT2D eigenvalue weighted by Gasteiger charge is -2.13. The molecule has 1 fully saturated rings. The maximum Gasteiger partial charge on any atom is 0.203 e. The SMILES string of the molecule is c1cc(O[C@H]2CCNC2)cc(CNc2nccn3cnnc23)n1. The molecule has 4 heterocycles. The molecule has 1 saturated heterocycles. The standard InChI is InChI=1S/C15H17N7O/c1-3-16-9-13(1)23-12-2-4-17-11(7-12)8-19-14-15-21-20-10-22(15)6-5-18-14/h2,4-7,10,13,16H,1,3,8-9H2,(H,18,19)/t13-/m0/s1. The molecule has 0 bridgehead atoms. The summed E-state index contributed by atoms with van der Waals surface area (Å²) in [5.74, 6) is 1.53. The Bertz CT molecular complexity index is 797. The van der Waals surface area contributed by atoms with E-state index in [4.69, 9.17) is 4.74 Å². The number of ether oxygens (including phenoxy) is 1. The highest BCUT2D eigenvalue weighted by Crippen LogP contribution is 2.17. The Kier molecular flexibility index (Phi) is 3.73. The predicted molar refractivity (Wildman–Crippen MR) is 84.2 cm³/mol. The van der Waals surface area contributed by atoms with Gasteiger partial charge in [-0.05, 0) is 19.0 Å². The first-order valence-electron chi connectivity index (χ1n) is 7.59. The van der Waals surface area contributed by atoms with E-state index < -0.39 is 0 Å². The first kappa shape index (κ1) is 13.9. The fourth-order valence-corrected chi connectivity index (χ4v) is 2.60. The van der Waals surface area contributed by atoms with E-state index in [0.29, 0.717) is 18.0 Å². The van der Waals surface area contributed by atoms with E-state index in [2.05, 4.69) is 30.8 Å². The Morgan fingerprint density at radius 2 is 2.35 bits per heavy atom. The first-order chi connectivity index (χ1) is 11.4. The number of pyridine rings is 1. The molecule has 23 heavy (non-hydrogen) atoms. The number of hydrogen-bond acceptors (Lipinski definition) is 7. The average molecular weight is 311 g/mol. The molecule has 0 saturated carbocycles. The zero-order chi connectivity index (χ0) is 15.5. The van der Waals surface area contributed by atoms with Crippen molar-refractivity contribution >= 4 is 11.5 Å². The molecule has 1 atom stereocenters. The molecule has 3 aromatic rings. The zero-order valence-corrected chi connectivity index (χ0v) is 12.5. The Morgan fingerprint density at radius 1 is 1.35 bits per heavy atom. The van der Waals surface area contributed by atoms with Crippen LogP contribution in [0.1, 0.15) is 12.1 Å². The number of rotatable bonds is 5. The van der Waals surface area contributed by atoms with Gasteiger partial charge < -0.3 is 15.4 Å². The van der Waals surface area contributed by atoms with Crippen LogP contribution in [-0.4, -0.2) is 43.8 Å². The van der Waals surface area contributed by atoms with E-state index in [9.17, 15) is 0 Å². The molecule has 0 radical (unpaired) electrons. The molecule has 1 aliphatic heterocycles. The summed E-state index contributed by atoms with van der Waals surface area (Å²) < 4.78 is 7.77. The van der Waals surface area contributed by atoms with Gasteiger partial charge in [0.15, 0.2) is 5.82 Å². The number of nitrogens with zero attached hydrogens (tertiary/aromatic N) is 5. The van der Waals surface area contributed by atoms with Gasteiger partial charge >= 0.3 is 0 Å². The quantitative estimate of drug-likeness (QED) is 0.722. The molecule has 4 rings (SSSR count). The normalized spacial score (nSPS) is 17.5. The lowest BCUT2D eigenvalue weighted by Crippen LogP contribution is -2.19. The molecule has 0 amide bonds. The van der Waals surface area contributed by atoms with E-state index >= 15 is 0 Å². The Labute approximate surface area is 132 Å². The molecule has 0 unspecified atom stereocenters. The Morgan fingerprint density at radius 3 is 3.26 bits per heavy atom. The predicted octanol–water partition coefficient (Wildman–Crippen LogP) is 0.872. The average Bonchev–Trinajstić information content (AvgIpc) is 3.24. The lowest BCUT2D eigenvalue weighted by molar-refractivity contribution is 0.222. The molecule has 0 aromatic carbocycles. The van der Waals surface area contributed by atoms with Crippen molar-refractivity contribution in [1.82, 2.24) is 29.9 Å². The fourth-order valence-electron chi connectivity index (χ4n) is 2.60. The largest absolute Gasteiger partial charge is 0.489 e. The number of nitrogens with one attached hydrogen (secondary N) is 2. The molecule has 118 valence electrons. The molecule has 1 aliphatic rings. The Hall–Kier alpha value is -2.74. The third-order valence-electron chi connectivity index (χ3n) is 3.76. The van der Waals surface area contributed by atoms with Crippen LogP contribution in [0, 0.1) is 0 Å². The van der Waals surface area contributed by atoms with Gasteiger partial charge in [0, 0.05) is 31.2 Å². The maximum absolute atomic E-state index is 5.95. The van der Waals surface area contributed by atoms with Gasteiger partial charge in [-0.1, -0.05) is 0 Å². The van der Waals surface area contributed by atoms with Crippen LogP contribution in [0.15, 0.2) is 37.1 Å². The van der Waals surface area contributed by atoms with Crippen LogP contribution in [0.5, 0.6) is 5.75 Å². The summed E-state index contributed by atoms with van der Waals surface area (Å²) in [6.07, 6.45) is 8.20. The summed E-state index contributed by atoms with van der Waals surface area (Å²) in [6, 6.07) is 3.84. The van der Waals surface area contributed by atoms with Crippen molar-refractivity contribution in [3.8, 4) is 5.75 Å². The van der Waals surface area contributed by atoms with E-state index in [1.807, 2.05) is 22.7 Å². The minimum Gasteiger partial charge on any atom is -0.489 e. The van der Waals surface area contributed by atoms with Crippen LogP contribution in [0.3, 0.4) is 0 Å². The highest BCUT2D eigenvalue weighted by molar-refractivity contribution is 5.61. The second-order valence-electron chi connectivity index (χ2n) is 5.41. The molecule has 2 N–H and O–H groups in total. The van der Waals surface area contributed by atoms with E-state index in [-0.39, 0.29) is 6.10 Å². The summed E-state index contributed by atoms with van der Waals surface area (Å²) in [6.45, 7) is 2.45. The van der Waals surface area contributed by atoms with Gasteiger partial charge in [0.1, 0.15) is 18.2 Å². The van der Waals surface area contributed by atoms with E-state index in [0.717, 1.165) is 31.0 Å². The summed E-state index contributed by atoms with van der Waals surface area (Å²) in [5.41, 5.74) is 1.58. The zero-order valence-electron chi connectivity index (χ0n) is 12.5. The van der Waals surface area contributed by atoms with Gasteiger partial charge in [0.2, 0.25) is 5.65 Å². The van der Waals surface area contributed by atoms with E-state index in [1.165, 1.54) is 0 Å². The molecule has 8 heteroatoms. The van der Waals surface area contributed by atoms with Crippen LogP contribution in [0.25, 0.3) is 5.65 Å². The minimum atomic E-state index is 0.240. The van der Waals surface area contributed by atoms with Crippen molar-refractivity contribution in [2.24, 2.45) is 0 Å². The van der Waals surface area contributed by atoms with Crippen molar-refractivity contribution in [3.63, 3.8) is 0 Å².